The van der Waals surface area contributed by atoms with Crippen molar-refractivity contribution in [1.82, 2.24) is 9.29 Å². The zero-order chi connectivity index (χ0) is 18.6. The number of aromatic nitrogens is 1. The zero-order valence-corrected chi connectivity index (χ0v) is 13.6. The van der Waals surface area contributed by atoms with E-state index in [1.54, 1.807) is 6.07 Å². The van der Waals surface area contributed by atoms with Gasteiger partial charge in [-0.05, 0) is 24.3 Å². The van der Waals surface area contributed by atoms with Gasteiger partial charge in [0.25, 0.3) is 5.56 Å². The maximum Gasteiger partial charge on any atom is 0.338 e. The molecule has 0 aliphatic rings. The number of nitrogens with zero attached hydrogens (tertiary/aromatic N) is 1. The molecule has 0 saturated carbocycles. The average Bonchev–Trinajstić information content (AvgIpc) is 2.55. The van der Waals surface area contributed by atoms with Gasteiger partial charge in [0.15, 0.2) is 0 Å². The maximum absolute atomic E-state index is 13.3. The van der Waals surface area contributed by atoms with Crippen LogP contribution in [0.3, 0.4) is 0 Å². The summed E-state index contributed by atoms with van der Waals surface area (Å²) in [6.45, 7) is -0.546. The van der Waals surface area contributed by atoms with Gasteiger partial charge in [-0.3, -0.25) is 4.79 Å². The lowest BCUT2D eigenvalue weighted by atomic mass is 10.2. The number of aromatic carboxylic acids is 1. The second-order valence-corrected chi connectivity index (χ2v) is 6.91. The Labute approximate surface area is 142 Å². The standard InChI is InChI=1S/C15H15FN2O6S/c16-13-5-4-11(7-12(13)15(21)22)25(23,24)17-8-10(19)9-18-6-2-1-3-14(18)20/h1-7,10,17,19H,8-9H2,(H,21,22). The highest BCUT2D eigenvalue weighted by molar-refractivity contribution is 7.89. The van der Waals surface area contributed by atoms with E-state index >= 15 is 0 Å². The van der Waals surface area contributed by atoms with Gasteiger partial charge in [-0.1, -0.05) is 6.07 Å². The highest BCUT2D eigenvalue weighted by atomic mass is 32.2. The first-order chi connectivity index (χ1) is 11.7. The predicted octanol–water partition coefficient (Wildman–Crippen LogP) is 0.0250. The number of halogens is 1. The Kier molecular flexibility index (Phi) is 5.67. The number of aliphatic hydroxyl groups is 1. The molecule has 2 rings (SSSR count). The van der Waals surface area contributed by atoms with E-state index in [2.05, 4.69) is 4.72 Å². The second-order valence-electron chi connectivity index (χ2n) is 5.14. The Balaban J connectivity index is 2.09. The quantitative estimate of drug-likeness (QED) is 0.631. The van der Waals surface area contributed by atoms with Crippen molar-refractivity contribution in [3.8, 4) is 0 Å². The minimum Gasteiger partial charge on any atom is -0.478 e. The molecule has 1 heterocycles. The highest BCUT2D eigenvalue weighted by Gasteiger charge is 2.20. The molecule has 10 heteroatoms. The lowest BCUT2D eigenvalue weighted by molar-refractivity contribution is 0.0691. The lowest BCUT2D eigenvalue weighted by Gasteiger charge is -2.14. The molecular weight excluding hydrogens is 355 g/mol. The van der Waals surface area contributed by atoms with E-state index in [-0.39, 0.29) is 12.1 Å². The number of carboxylic acids is 1. The minimum atomic E-state index is -4.16. The molecule has 0 saturated heterocycles. The number of hydrogen-bond acceptors (Lipinski definition) is 5. The third-order valence-corrected chi connectivity index (χ3v) is 4.72. The van der Waals surface area contributed by atoms with Crippen LogP contribution in [0.5, 0.6) is 0 Å². The molecular formula is C15H15FN2O6S. The van der Waals surface area contributed by atoms with Crippen LogP contribution < -0.4 is 10.3 Å². The van der Waals surface area contributed by atoms with Crippen molar-refractivity contribution in [2.24, 2.45) is 0 Å². The van der Waals surface area contributed by atoms with Crippen molar-refractivity contribution < 1.29 is 27.8 Å². The predicted molar refractivity (Wildman–Crippen MR) is 85.3 cm³/mol. The molecule has 1 aromatic heterocycles. The smallest absolute Gasteiger partial charge is 0.338 e. The van der Waals surface area contributed by atoms with Crippen LogP contribution in [0.2, 0.25) is 0 Å². The molecule has 3 N–H and O–H groups in total. The number of hydrogen-bond donors (Lipinski definition) is 3. The third-order valence-electron chi connectivity index (χ3n) is 3.29. The van der Waals surface area contributed by atoms with Gasteiger partial charge in [-0.2, -0.15) is 0 Å². The number of carbonyl (C=O) groups is 1. The number of pyridine rings is 1. The number of benzene rings is 1. The van der Waals surface area contributed by atoms with Crippen molar-refractivity contribution in [2.45, 2.75) is 17.5 Å². The molecule has 0 aliphatic heterocycles. The van der Waals surface area contributed by atoms with E-state index in [1.165, 1.54) is 22.9 Å². The summed E-state index contributed by atoms with van der Waals surface area (Å²) in [6.07, 6.45) is 0.244. The van der Waals surface area contributed by atoms with Crippen LogP contribution in [0.15, 0.2) is 52.3 Å². The fraction of sp³-hybridized carbons (Fsp3) is 0.200. The average molecular weight is 370 g/mol. The molecule has 0 spiro atoms. The fourth-order valence-corrected chi connectivity index (χ4v) is 3.13. The van der Waals surface area contributed by atoms with Gasteiger partial charge in [-0.25, -0.2) is 22.3 Å². The van der Waals surface area contributed by atoms with Crippen LogP contribution in [0, 0.1) is 5.82 Å². The van der Waals surface area contributed by atoms with E-state index in [4.69, 9.17) is 5.11 Å². The number of aliphatic hydroxyl groups excluding tert-OH is 1. The van der Waals surface area contributed by atoms with Gasteiger partial charge in [0.05, 0.1) is 23.1 Å². The first-order valence-corrected chi connectivity index (χ1v) is 8.55. The molecule has 1 atom stereocenters. The number of sulfonamides is 1. The monoisotopic (exact) mass is 370 g/mol. The number of rotatable bonds is 7. The Bertz CT molecular complexity index is 941. The first-order valence-electron chi connectivity index (χ1n) is 7.07. The van der Waals surface area contributed by atoms with E-state index < -0.39 is 44.9 Å². The maximum atomic E-state index is 13.3. The van der Waals surface area contributed by atoms with Gasteiger partial charge < -0.3 is 14.8 Å². The number of carboxylic acid groups (broad SMARTS) is 1. The van der Waals surface area contributed by atoms with Gasteiger partial charge >= 0.3 is 5.97 Å². The van der Waals surface area contributed by atoms with Crippen molar-refractivity contribution in [1.29, 1.82) is 0 Å². The molecule has 0 radical (unpaired) electrons. The molecule has 1 unspecified atom stereocenters. The molecule has 0 amide bonds. The number of nitrogens with one attached hydrogen (secondary N) is 1. The Morgan fingerprint density at radius 2 is 2.00 bits per heavy atom. The van der Waals surface area contributed by atoms with Crippen molar-refractivity contribution in [2.75, 3.05) is 6.54 Å². The largest absolute Gasteiger partial charge is 0.478 e. The summed E-state index contributed by atoms with van der Waals surface area (Å²) >= 11 is 0. The van der Waals surface area contributed by atoms with Crippen LogP contribution in [-0.2, 0) is 16.6 Å². The van der Waals surface area contributed by atoms with Gasteiger partial charge in [-0.15, -0.1) is 0 Å². The summed E-state index contributed by atoms with van der Waals surface area (Å²) in [5.74, 6) is -2.66. The third kappa shape index (κ3) is 4.72. The molecule has 2 aromatic rings. The van der Waals surface area contributed by atoms with Crippen LogP contribution in [0.25, 0.3) is 0 Å². The second kappa shape index (κ2) is 7.55. The summed E-state index contributed by atoms with van der Waals surface area (Å²) in [7, 11) is -4.16. The minimum absolute atomic E-state index is 0.133. The van der Waals surface area contributed by atoms with Crippen LogP contribution in [-0.4, -0.2) is 41.8 Å². The summed E-state index contributed by atoms with van der Waals surface area (Å²) in [6, 6.07) is 6.75. The Morgan fingerprint density at radius 1 is 1.28 bits per heavy atom. The molecule has 134 valence electrons. The fourth-order valence-electron chi connectivity index (χ4n) is 2.03. The van der Waals surface area contributed by atoms with Crippen LogP contribution in [0.4, 0.5) is 4.39 Å². The molecule has 25 heavy (non-hydrogen) atoms. The van der Waals surface area contributed by atoms with E-state index in [1.807, 2.05) is 0 Å². The Hall–Kier alpha value is -2.56. The topological polar surface area (TPSA) is 126 Å². The van der Waals surface area contributed by atoms with E-state index in [9.17, 15) is 27.5 Å². The zero-order valence-electron chi connectivity index (χ0n) is 12.8. The van der Waals surface area contributed by atoms with Crippen LogP contribution in [0.1, 0.15) is 10.4 Å². The van der Waals surface area contributed by atoms with E-state index in [0.717, 1.165) is 12.1 Å². The first kappa shape index (κ1) is 18.8. The molecule has 8 nitrogen and oxygen atoms in total. The summed E-state index contributed by atoms with van der Waals surface area (Å²) in [4.78, 5) is 22.0. The Morgan fingerprint density at radius 3 is 2.64 bits per heavy atom. The van der Waals surface area contributed by atoms with Gasteiger partial charge in [0.2, 0.25) is 10.0 Å². The highest BCUT2D eigenvalue weighted by Crippen LogP contribution is 2.15. The van der Waals surface area contributed by atoms with Crippen molar-refractivity contribution in [3.63, 3.8) is 0 Å². The van der Waals surface area contributed by atoms with Crippen LogP contribution >= 0.6 is 0 Å². The van der Waals surface area contributed by atoms with Crippen molar-refractivity contribution >= 4 is 16.0 Å². The van der Waals surface area contributed by atoms with Gasteiger partial charge in [0.1, 0.15) is 5.82 Å². The van der Waals surface area contributed by atoms with E-state index in [0.29, 0.717) is 6.07 Å². The van der Waals surface area contributed by atoms with Crippen molar-refractivity contribution in [3.05, 3.63) is 64.3 Å². The normalized spacial score (nSPS) is 12.7. The van der Waals surface area contributed by atoms with Gasteiger partial charge in [0, 0.05) is 18.8 Å². The lowest BCUT2D eigenvalue weighted by Crippen LogP contribution is -2.36. The molecule has 0 fully saturated rings. The summed E-state index contributed by atoms with van der Waals surface area (Å²) in [5.41, 5.74) is -1.13. The summed E-state index contributed by atoms with van der Waals surface area (Å²) in [5, 5.41) is 18.7. The summed E-state index contributed by atoms with van der Waals surface area (Å²) < 4.78 is 40.9. The molecule has 0 bridgehead atoms. The molecule has 1 aromatic carbocycles. The molecule has 0 aliphatic carbocycles. The SMILES string of the molecule is O=C(O)c1cc(S(=O)(=O)NCC(O)Cn2ccccc2=O)ccc1F.